The van der Waals surface area contributed by atoms with Crippen molar-refractivity contribution in [3.8, 4) is 5.75 Å². The molecular weight excluding hydrogens is 492 g/mol. The molecule has 0 saturated heterocycles. The summed E-state index contributed by atoms with van der Waals surface area (Å²) in [5.41, 5.74) is 4.40. The number of benzene rings is 2. The van der Waals surface area contributed by atoms with Gasteiger partial charge in [0.05, 0.1) is 11.9 Å². The van der Waals surface area contributed by atoms with Crippen LogP contribution in [0.2, 0.25) is 0 Å². The molecule has 1 unspecified atom stereocenters. The molecule has 0 aliphatic heterocycles. The van der Waals surface area contributed by atoms with Gasteiger partial charge in [0.1, 0.15) is 11.9 Å². The minimum Gasteiger partial charge on any atom is -0.486 e. The molecule has 3 aromatic rings. The van der Waals surface area contributed by atoms with E-state index >= 15 is 0 Å². The third-order valence-electron chi connectivity index (χ3n) is 7.33. The van der Waals surface area contributed by atoms with Gasteiger partial charge in [0.25, 0.3) is 5.91 Å². The zero-order valence-corrected chi connectivity index (χ0v) is 23.5. The van der Waals surface area contributed by atoms with Crippen molar-refractivity contribution in [1.29, 1.82) is 0 Å². The molecule has 0 spiro atoms. The number of aromatic nitrogens is 1. The number of fused-ring (bicyclic) bond motifs is 1. The van der Waals surface area contributed by atoms with E-state index < -0.39 is 11.4 Å². The lowest BCUT2D eigenvalue weighted by atomic mass is 9.76. The van der Waals surface area contributed by atoms with E-state index in [-0.39, 0.29) is 24.0 Å². The van der Waals surface area contributed by atoms with Gasteiger partial charge in [-0.05, 0) is 96.7 Å². The molecule has 0 bridgehead atoms. The van der Waals surface area contributed by atoms with Crippen LogP contribution >= 0.6 is 0 Å². The number of nitrogens with zero attached hydrogens (tertiary/aromatic N) is 1. The molecule has 1 aliphatic rings. The molecule has 39 heavy (non-hydrogen) atoms. The lowest BCUT2D eigenvalue weighted by Gasteiger charge is -2.42. The molecule has 1 atom stereocenters. The molecule has 208 valence electrons. The van der Waals surface area contributed by atoms with Crippen LogP contribution in [-0.4, -0.2) is 39.1 Å². The molecule has 2 amide bonds. The van der Waals surface area contributed by atoms with Gasteiger partial charge in [0.2, 0.25) is 5.91 Å². The van der Waals surface area contributed by atoms with Crippen LogP contribution in [0.15, 0.2) is 54.6 Å². The summed E-state index contributed by atoms with van der Waals surface area (Å²) in [5.74, 6) is -0.104. The maximum atomic E-state index is 13.3. The SMILES string of the molecule is Cc1cc(C(C)Oc2ccc(C(=O)NC3(CC(=O)NO)CCC(NC(C)(C)C)CC3)cc2)c2ccccc2n1. The summed E-state index contributed by atoms with van der Waals surface area (Å²) in [6, 6.07) is 17.4. The second-order valence-corrected chi connectivity index (χ2v) is 11.8. The number of nitrogens with one attached hydrogen (secondary N) is 3. The molecule has 2 aromatic carbocycles. The topological polar surface area (TPSA) is 113 Å². The van der Waals surface area contributed by atoms with E-state index in [0.717, 1.165) is 35.0 Å². The fraction of sp³-hybridized carbons (Fsp3) is 0.452. The number of carbonyl (C=O) groups is 2. The number of hydrogen-bond acceptors (Lipinski definition) is 6. The van der Waals surface area contributed by atoms with Gasteiger partial charge in [-0.2, -0.15) is 0 Å². The van der Waals surface area contributed by atoms with Crippen molar-refractivity contribution in [3.05, 3.63) is 71.4 Å². The average molecular weight is 533 g/mol. The van der Waals surface area contributed by atoms with Crippen LogP contribution in [0.25, 0.3) is 10.9 Å². The van der Waals surface area contributed by atoms with Crippen molar-refractivity contribution < 1.29 is 19.5 Å². The van der Waals surface area contributed by atoms with Crippen molar-refractivity contribution in [3.63, 3.8) is 0 Å². The van der Waals surface area contributed by atoms with Crippen molar-refractivity contribution in [1.82, 2.24) is 21.1 Å². The summed E-state index contributed by atoms with van der Waals surface area (Å²) in [7, 11) is 0. The molecule has 1 heterocycles. The molecule has 4 N–H and O–H groups in total. The Hall–Kier alpha value is -3.49. The number of ether oxygens (including phenoxy) is 1. The number of hydroxylamine groups is 1. The average Bonchev–Trinajstić information content (AvgIpc) is 2.89. The molecule has 0 radical (unpaired) electrons. The van der Waals surface area contributed by atoms with Crippen LogP contribution in [0.4, 0.5) is 0 Å². The van der Waals surface area contributed by atoms with Crippen LogP contribution in [0.3, 0.4) is 0 Å². The number of hydrogen-bond donors (Lipinski definition) is 4. The number of aryl methyl sites for hydroxylation is 1. The molecular formula is C31H40N4O4. The molecule has 8 heteroatoms. The summed E-state index contributed by atoms with van der Waals surface area (Å²) in [5, 5.41) is 16.9. The molecule has 1 aromatic heterocycles. The van der Waals surface area contributed by atoms with Gasteiger partial charge in [-0.15, -0.1) is 0 Å². The van der Waals surface area contributed by atoms with Gasteiger partial charge in [-0.3, -0.25) is 19.8 Å². The Labute approximate surface area is 230 Å². The lowest BCUT2D eigenvalue weighted by molar-refractivity contribution is -0.131. The first-order valence-electron chi connectivity index (χ1n) is 13.6. The molecule has 4 rings (SSSR count). The first kappa shape index (κ1) is 28.5. The first-order chi connectivity index (χ1) is 18.5. The molecule has 1 fully saturated rings. The second-order valence-electron chi connectivity index (χ2n) is 11.8. The van der Waals surface area contributed by atoms with Crippen LogP contribution in [0.5, 0.6) is 5.75 Å². The zero-order chi connectivity index (χ0) is 28.2. The first-order valence-corrected chi connectivity index (χ1v) is 13.6. The smallest absolute Gasteiger partial charge is 0.251 e. The molecule has 1 aliphatic carbocycles. The van der Waals surface area contributed by atoms with Gasteiger partial charge < -0.3 is 15.4 Å². The largest absolute Gasteiger partial charge is 0.486 e. The van der Waals surface area contributed by atoms with Gasteiger partial charge in [-0.1, -0.05) is 18.2 Å². The van der Waals surface area contributed by atoms with Crippen molar-refractivity contribution in [2.75, 3.05) is 0 Å². The maximum Gasteiger partial charge on any atom is 0.251 e. The predicted octanol–water partition coefficient (Wildman–Crippen LogP) is 5.38. The van der Waals surface area contributed by atoms with E-state index in [1.54, 1.807) is 29.7 Å². The number of rotatable bonds is 8. The van der Waals surface area contributed by atoms with Gasteiger partial charge in [0, 0.05) is 39.3 Å². The summed E-state index contributed by atoms with van der Waals surface area (Å²) in [6.45, 7) is 10.4. The predicted molar refractivity (Wildman–Crippen MR) is 152 cm³/mol. The Morgan fingerprint density at radius 2 is 1.77 bits per heavy atom. The highest BCUT2D eigenvalue weighted by molar-refractivity contribution is 5.95. The standard InChI is InChI=1S/C31H40N4O4/c1-20-18-26(25-8-6-7-9-27(25)32-20)21(2)39-24-12-10-22(11-13-24)29(37)34-31(19-28(36)35-38)16-14-23(15-17-31)33-30(3,4)5/h6-13,18,21,23,33,38H,14-17,19H2,1-5H3,(H,34,37)(H,35,36). The summed E-state index contributed by atoms with van der Waals surface area (Å²) in [6.07, 6.45) is 2.73. The van der Waals surface area contributed by atoms with E-state index in [0.29, 0.717) is 30.2 Å². The van der Waals surface area contributed by atoms with Crippen LogP contribution in [-0.2, 0) is 4.79 Å². The summed E-state index contributed by atoms with van der Waals surface area (Å²) < 4.78 is 6.24. The Balaban J connectivity index is 1.44. The number of para-hydroxylation sites is 1. The fourth-order valence-corrected chi connectivity index (χ4v) is 5.56. The third kappa shape index (κ3) is 7.34. The monoisotopic (exact) mass is 532 g/mol. The van der Waals surface area contributed by atoms with E-state index in [1.165, 1.54) is 0 Å². The second kappa shape index (κ2) is 11.7. The Kier molecular flexibility index (Phi) is 8.57. The lowest BCUT2D eigenvalue weighted by Crippen LogP contribution is -2.56. The van der Waals surface area contributed by atoms with Gasteiger partial charge in [-0.25, -0.2) is 5.48 Å². The minimum absolute atomic E-state index is 0.0129. The summed E-state index contributed by atoms with van der Waals surface area (Å²) in [4.78, 5) is 30.0. The highest BCUT2D eigenvalue weighted by Gasteiger charge is 2.39. The van der Waals surface area contributed by atoms with Crippen molar-refractivity contribution in [2.45, 2.75) is 89.9 Å². The number of carbonyl (C=O) groups excluding carboxylic acids is 2. The van der Waals surface area contributed by atoms with Gasteiger partial charge in [0.15, 0.2) is 0 Å². The van der Waals surface area contributed by atoms with E-state index in [2.05, 4.69) is 36.4 Å². The maximum absolute atomic E-state index is 13.3. The molecule has 8 nitrogen and oxygen atoms in total. The highest BCUT2D eigenvalue weighted by Crippen LogP contribution is 2.33. The normalized spacial score (nSPS) is 20.3. The highest BCUT2D eigenvalue weighted by atomic mass is 16.5. The number of amides is 2. The van der Waals surface area contributed by atoms with Crippen LogP contribution < -0.4 is 20.9 Å². The quantitative estimate of drug-likeness (QED) is 0.229. The zero-order valence-electron chi connectivity index (χ0n) is 23.5. The van der Waals surface area contributed by atoms with Crippen LogP contribution in [0.1, 0.15) is 87.5 Å². The van der Waals surface area contributed by atoms with Crippen molar-refractivity contribution >= 4 is 22.7 Å². The fourth-order valence-electron chi connectivity index (χ4n) is 5.56. The Morgan fingerprint density at radius 1 is 1.10 bits per heavy atom. The van der Waals surface area contributed by atoms with E-state index in [1.807, 2.05) is 44.2 Å². The number of pyridine rings is 1. The Morgan fingerprint density at radius 3 is 2.41 bits per heavy atom. The van der Waals surface area contributed by atoms with E-state index in [4.69, 9.17) is 9.94 Å². The molecule has 1 saturated carbocycles. The van der Waals surface area contributed by atoms with Crippen molar-refractivity contribution in [2.24, 2.45) is 0 Å². The summed E-state index contributed by atoms with van der Waals surface area (Å²) >= 11 is 0. The third-order valence-corrected chi connectivity index (χ3v) is 7.33. The Bertz CT molecular complexity index is 1310. The minimum atomic E-state index is -0.718. The van der Waals surface area contributed by atoms with Crippen LogP contribution in [0, 0.1) is 6.92 Å². The van der Waals surface area contributed by atoms with E-state index in [9.17, 15) is 9.59 Å². The van der Waals surface area contributed by atoms with Gasteiger partial charge >= 0.3 is 0 Å².